The number of esters is 1. The van der Waals surface area contributed by atoms with Crippen LogP contribution in [-0.4, -0.2) is 34.6 Å². The molecule has 152 valence electrons. The molecule has 0 unspecified atom stereocenters. The lowest BCUT2D eigenvalue weighted by Gasteiger charge is -2.28. The summed E-state index contributed by atoms with van der Waals surface area (Å²) in [4.78, 5) is 47.3. The Morgan fingerprint density at radius 1 is 0.867 bits per heavy atom. The van der Waals surface area contributed by atoms with Gasteiger partial charge in [-0.05, 0) is 23.6 Å². The Bertz CT molecular complexity index is 1130. The van der Waals surface area contributed by atoms with Crippen LogP contribution in [0.15, 0.2) is 72.8 Å². The van der Waals surface area contributed by atoms with Gasteiger partial charge in [0.05, 0.1) is 12.8 Å². The largest absolute Gasteiger partial charge is 0.649 e. The Balaban J connectivity index is 2.43. The summed E-state index contributed by atoms with van der Waals surface area (Å²) in [7, 11) is 0.776. The first kappa shape index (κ1) is 20.4. The van der Waals surface area contributed by atoms with E-state index in [1.54, 1.807) is 30.3 Å². The van der Waals surface area contributed by atoms with Gasteiger partial charge in [0.2, 0.25) is 0 Å². The van der Waals surface area contributed by atoms with Gasteiger partial charge in [-0.15, -0.1) is 0 Å². The van der Waals surface area contributed by atoms with Crippen LogP contribution in [0, 0.1) is 20.2 Å². The van der Waals surface area contributed by atoms with E-state index in [2.05, 4.69) is 4.74 Å². The SMILES string of the molecule is COC(=O)C(N(C(=O)c1ccccc1)c1cccc2ccccc12)([N+](=O)[O-])[N+](=O)[O-]. The molecule has 0 aromatic heterocycles. The molecule has 30 heavy (non-hydrogen) atoms. The van der Waals surface area contributed by atoms with E-state index in [-0.39, 0.29) is 16.2 Å². The van der Waals surface area contributed by atoms with Crippen molar-refractivity contribution in [2.45, 2.75) is 5.79 Å². The second-order valence-electron chi connectivity index (χ2n) is 6.15. The fraction of sp³-hybridized carbons (Fsp3) is 0.100. The molecule has 0 heterocycles. The van der Waals surface area contributed by atoms with Crippen LogP contribution >= 0.6 is 0 Å². The molecule has 0 bridgehead atoms. The minimum absolute atomic E-state index is 0.0811. The first-order valence-electron chi connectivity index (χ1n) is 8.60. The zero-order valence-corrected chi connectivity index (χ0v) is 15.6. The third-order valence-electron chi connectivity index (χ3n) is 4.51. The molecule has 0 aliphatic carbocycles. The molecule has 10 nitrogen and oxygen atoms in total. The highest BCUT2D eigenvalue weighted by Crippen LogP contribution is 2.34. The second kappa shape index (κ2) is 7.95. The van der Waals surface area contributed by atoms with Gasteiger partial charge < -0.3 is 4.74 Å². The molecule has 3 rings (SSSR count). The smallest absolute Gasteiger partial charge is 0.456 e. The number of hydrogen-bond acceptors (Lipinski definition) is 7. The van der Waals surface area contributed by atoms with Gasteiger partial charge in [0.15, 0.2) is 0 Å². The summed E-state index contributed by atoms with van der Waals surface area (Å²) >= 11 is 0. The summed E-state index contributed by atoms with van der Waals surface area (Å²) < 4.78 is 4.42. The van der Waals surface area contributed by atoms with Crippen molar-refractivity contribution in [1.29, 1.82) is 0 Å². The number of carbonyl (C=O) groups is 2. The predicted octanol–water partition coefficient (Wildman–Crippen LogP) is 2.87. The molecule has 1 amide bonds. The number of nitrogens with zero attached hydrogens (tertiary/aromatic N) is 3. The van der Waals surface area contributed by atoms with E-state index < -0.39 is 27.5 Å². The van der Waals surface area contributed by atoms with Gasteiger partial charge in [0.1, 0.15) is 9.85 Å². The summed E-state index contributed by atoms with van der Waals surface area (Å²) in [5.41, 5.74) is -0.261. The number of benzene rings is 3. The van der Waals surface area contributed by atoms with Gasteiger partial charge in [-0.25, -0.2) is 4.79 Å². The predicted molar refractivity (Wildman–Crippen MR) is 106 cm³/mol. The molecule has 0 radical (unpaired) electrons. The number of fused-ring (bicyclic) bond motifs is 1. The highest BCUT2D eigenvalue weighted by molar-refractivity contribution is 6.13. The summed E-state index contributed by atoms with van der Waals surface area (Å²) in [6.07, 6.45) is 0. The van der Waals surface area contributed by atoms with Crippen LogP contribution in [0.2, 0.25) is 0 Å². The number of rotatable bonds is 6. The van der Waals surface area contributed by atoms with Gasteiger partial charge in [-0.3, -0.25) is 25.0 Å². The van der Waals surface area contributed by atoms with Crippen LogP contribution in [-0.2, 0) is 9.53 Å². The quantitative estimate of drug-likeness (QED) is 0.264. The van der Waals surface area contributed by atoms with Crippen molar-refractivity contribution in [2.24, 2.45) is 0 Å². The monoisotopic (exact) mass is 409 g/mol. The normalized spacial score (nSPS) is 11.0. The first-order chi connectivity index (χ1) is 14.4. The average molecular weight is 409 g/mol. The van der Waals surface area contributed by atoms with Crippen molar-refractivity contribution >= 4 is 28.3 Å². The molecular weight excluding hydrogens is 394 g/mol. The van der Waals surface area contributed by atoms with Crippen LogP contribution in [0.25, 0.3) is 10.8 Å². The molecule has 3 aromatic carbocycles. The van der Waals surface area contributed by atoms with Crippen molar-refractivity contribution in [3.8, 4) is 0 Å². The van der Waals surface area contributed by atoms with Gasteiger partial charge in [0.25, 0.3) is 5.91 Å². The van der Waals surface area contributed by atoms with Gasteiger partial charge in [-0.2, -0.15) is 4.90 Å². The fourth-order valence-electron chi connectivity index (χ4n) is 3.14. The topological polar surface area (TPSA) is 133 Å². The molecule has 0 aliphatic heterocycles. The van der Waals surface area contributed by atoms with Gasteiger partial charge in [0, 0.05) is 10.9 Å². The Morgan fingerprint density at radius 2 is 1.43 bits per heavy atom. The molecule has 0 spiro atoms. The molecule has 0 atom stereocenters. The Labute approximate surface area is 169 Å². The van der Waals surface area contributed by atoms with Crippen LogP contribution in [0.1, 0.15) is 10.4 Å². The van der Waals surface area contributed by atoms with E-state index in [0.29, 0.717) is 10.8 Å². The maximum Gasteiger partial charge on any atom is 0.649 e. The van der Waals surface area contributed by atoms with Crippen molar-refractivity contribution in [3.63, 3.8) is 0 Å². The number of amides is 1. The van der Waals surface area contributed by atoms with Crippen LogP contribution in [0.5, 0.6) is 0 Å². The Kier molecular flexibility index (Phi) is 5.41. The molecular formula is C20H15N3O7. The lowest BCUT2D eigenvalue weighted by molar-refractivity contribution is -0.774. The number of anilines is 1. The molecule has 3 aromatic rings. The zero-order valence-electron chi connectivity index (χ0n) is 15.6. The highest BCUT2D eigenvalue weighted by atomic mass is 16.7. The summed E-state index contributed by atoms with van der Waals surface area (Å²) in [6.45, 7) is 0. The van der Waals surface area contributed by atoms with E-state index in [1.807, 2.05) is 0 Å². The Hall–Kier alpha value is -4.34. The van der Waals surface area contributed by atoms with Crippen molar-refractivity contribution < 1.29 is 24.2 Å². The minimum atomic E-state index is -3.73. The number of ether oxygens (including phenoxy) is 1. The highest BCUT2D eigenvalue weighted by Gasteiger charge is 2.74. The summed E-state index contributed by atoms with van der Waals surface area (Å²) in [6, 6.07) is 18.2. The van der Waals surface area contributed by atoms with Crippen molar-refractivity contribution in [2.75, 3.05) is 12.0 Å². The standard InChI is InChI=1S/C20H15N3O7/c1-30-19(25)20(22(26)27,23(28)29)21(18(24)15-9-3-2-4-10-15)17-13-7-11-14-8-5-6-12-16(14)17/h2-13H,1H3. The van der Waals surface area contributed by atoms with Gasteiger partial charge in [-0.1, -0.05) is 54.6 Å². The minimum Gasteiger partial charge on any atom is -0.456 e. The zero-order chi connectivity index (χ0) is 21.9. The van der Waals surface area contributed by atoms with E-state index in [9.17, 15) is 29.8 Å². The van der Waals surface area contributed by atoms with E-state index in [4.69, 9.17) is 0 Å². The number of carbonyl (C=O) groups excluding carboxylic acids is 2. The molecule has 0 fully saturated rings. The molecule has 0 N–H and O–H groups in total. The molecule has 10 heteroatoms. The van der Waals surface area contributed by atoms with Crippen LogP contribution < -0.4 is 4.90 Å². The summed E-state index contributed by atoms with van der Waals surface area (Å²) in [5, 5.41) is 24.9. The number of methoxy groups -OCH3 is 1. The number of nitro groups is 2. The van der Waals surface area contributed by atoms with Crippen LogP contribution in [0.3, 0.4) is 0 Å². The van der Waals surface area contributed by atoms with E-state index in [0.717, 1.165) is 7.11 Å². The average Bonchev–Trinajstić information content (AvgIpc) is 2.76. The Morgan fingerprint density at radius 3 is 2.03 bits per heavy atom. The summed E-state index contributed by atoms with van der Waals surface area (Å²) in [5.74, 6) is -6.65. The van der Waals surface area contributed by atoms with Crippen molar-refractivity contribution in [1.82, 2.24) is 0 Å². The molecule has 0 saturated heterocycles. The van der Waals surface area contributed by atoms with E-state index >= 15 is 0 Å². The van der Waals surface area contributed by atoms with Crippen LogP contribution in [0.4, 0.5) is 5.69 Å². The first-order valence-corrected chi connectivity index (χ1v) is 8.60. The lowest BCUT2D eigenvalue weighted by Crippen LogP contribution is -2.68. The number of hydrogen-bond donors (Lipinski definition) is 0. The maximum atomic E-state index is 13.4. The van der Waals surface area contributed by atoms with Gasteiger partial charge >= 0.3 is 11.8 Å². The third-order valence-corrected chi connectivity index (χ3v) is 4.51. The van der Waals surface area contributed by atoms with Crippen molar-refractivity contribution in [3.05, 3.63) is 98.6 Å². The molecule has 0 saturated carbocycles. The second-order valence-corrected chi connectivity index (χ2v) is 6.15. The fourth-order valence-corrected chi connectivity index (χ4v) is 3.14. The lowest BCUT2D eigenvalue weighted by atomic mass is 10.0. The van der Waals surface area contributed by atoms with E-state index in [1.165, 1.54) is 42.5 Å². The molecule has 0 aliphatic rings. The maximum absolute atomic E-state index is 13.4. The third kappa shape index (κ3) is 3.09.